The van der Waals surface area contributed by atoms with Gasteiger partial charge in [0.1, 0.15) is 5.82 Å². The van der Waals surface area contributed by atoms with Gasteiger partial charge < -0.3 is 10.3 Å². The van der Waals surface area contributed by atoms with Crippen molar-refractivity contribution in [1.82, 2.24) is 15.0 Å². The van der Waals surface area contributed by atoms with Crippen molar-refractivity contribution >= 4 is 33.4 Å². The first kappa shape index (κ1) is 14.1. The molecule has 0 saturated heterocycles. The van der Waals surface area contributed by atoms with Gasteiger partial charge >= 0.3 is 0 Å². The number of para-hydroxylation sites is 2. The summed E-state index contributed by atoms with van der Waals surface area (Å²) in [6, 6.07) is 18.0. The summed E-state index contributed by atoms with van der Waals surface area (Å²) in [5.41, 5.74) is 0.266. The molecule has 2 N–H and O–H groups in total. The standard InChI is InChI=1S/C18H12N4O2/c23-17-12-6-2-4-8-14(12)20-18(24)16(22-17)21-15-10-9-11-5-1-3-7-13(11)19-15/h1-10H,(H2,19,20,21,22,23,24). The lowest BCUT2D eigenvalue weighted by Gasteiger charge is -2.03. The van der Waals surface area contributed by atoms with E-state index < -0.39 is 11.1 Å². The molecule has 0 radical (unpaired) electrons. The monoisotopic (exact) mass is 316 g/mol. The summed E-state index contributed by atoms with van der Waals surface area (Å²) >= 11 is 0. The molecule has 2 aromatic carbocycles. The maximum absolute atomic E-state index is 12.3. The van der Waals surface area contributed by atoms with Crippen molar-refractivity contribution in [3.63, 3.8) is 0 Å². The van der Waals surface area contributed by atoms with Crippen molar-refractivity contribution in [3.8, 4) is 0 Å². The highest BCUT2D eigenvalue weighted by Crippen LogP contribution is 2.16. The second kappa shape index (κ2) is 5.58. The summed E-state index contributed by atoms with van der Waals surface area (Å²) in [4.78, 5) is 35.5. The van der Waals surface area contributed by atoms with Crippen LogP contribution in [0.25, 0.3) is 21.8 Å². The molecule has 24 heavy (non-hydrogen) atoms. The fraction of sp³-hybridized carbons (Fsp3) is 0. The number of nitrogens with one attached hydrogen (secondary N) is 2. The van der Waals surface area contributed by atoms with Crippen molar-refractivity contribution in [2.75, 3.05) is 5.32 Å². The number of anilines is 2. The Kier molecular flexibility index (Phi) is 3.28. The molecule has 0 aliphatic carbocycles. The third-order valence-electron chi connectivity index (χ3n) is 3.68. The summed E-state index contributed by atoms with van der Waals surface area (Å²) in [6.45, 7) is 0. The Morgan fingerprint density at radius 1 is 0.833 bits per heavy atom. The van der Waals surface area contributed by atoms with Crippen molar-refractivity contribution in [3.05, 3.63) is 81.4 Å². The summed E-state index contributed by atoms with van der Waals surface area (Å²) in [6.07, 6.45) is 0. The highest BCUT2D eigenvalue weighted by atomic mass is 16.1. The predicted octanol–water partition coefficient (Wildman–Crippen LogP) is 2.58. The summed E-state index contributed by atoms with van der Waals surface area (Å²) in [5, 5.41) is 4.17. The van der Waals surface area contributed by atoms with Gasteiger partial charge in [-0.2, -0.15) is 4.98 Å². The summed E-state index contributed by atoms with van der Waals surface area (Å²) in [7, 11) is 0. The Morgan fingerprint density at radius 2 is 1.62 bits per heavy atom. The zero-order valence-electron chi connectivity index (χ0n) is 12.5. The highest BCUT2D eigenvalue weighted by molar-refractivity contribution is 5.81. The lowest BCUT2D eigenvalue weighted by molar-refractivity contribution is 1.20. The average Bonchev–Trinajstić information content (AvgIpc) is 2.72. The third kappa shape index (κ3) is 2.50. The number of pyridine rings is 1. The first-order chi connectivity index (χ1) is 11.7. The molecule has 0 bridgehead atoms. The number of H-pyrrole nitrogens is 1. The minimum atomic E-state index is -0.483. The Hall–Kier alpha value is -3.54. The van der Waals surface area contributed by atoms with Gasteiger partial charge in [-0.25, -0.2) is 4.98 Å². The molecule has 116 valence electrons. The fourth-order valence-corrected chi connectivity index (χ4v) is 2.51. The van der Waals surface area contributed by atoms with Crippen LogP contribution in [-0.4, -0.2) is 15.0 Å². The fourth-order valence-electron chi connectivity index (χ4n) is 2.51. The molecule has 0 saturated carbocycles. The molecule has 6 heteroatoms. The number of fused-ring (bicyclic) bond motifs is 2. The van der Waals surface area contributed by atoms with E-state index in [1.54, 1.807) is 30.3 Å². The second-order valence-corrected chi connectivity index (χ2v) is 5.28. The third-order valence-corrected chi connectivity index (χ3v) is 3.68. The summed E-state index contributed by atoms with van der Waals surface area (Å²) in [5.74, 6) is 0.361. The van der Waals surface area contributed by atoms with Gasteiger partial charge in [-0.05, 0) is 30.3 Å². The predicted molar refractivity (Wildman–Crippen MR) is 93.7 cm³/mol. The van der Waals surface area contributed by atoms with Gasteiger partial charge in [0.15, 0.2) is 0 Å². The molecule has 0 atom stereocenters. The smallest absolute Gasteiger partial charge is 0.291 e. The van der Waals surface area contributed by atoms with E-state index in [1.807, 2.05) is 30.3 Å². The van der Waals surface area contributed by atoms with Crippen LogP contribution in [0.2, 0.25) is 0 Å². The molecule has 0 unspecified atom stereocenters. The van der Waals surface area contributed by atoms with E-state index in [-0.39, 0.29) is 5.82 Å². The topological polar surface area (TPSA) is 87.7 Å². The van der Waals surface area contributed by atoms with Gasteiger partial charge in [0.05, 0.1) is 16.4 Å². The van der Waals surface area contributed by atoms with E-state index in [4.69, 9.17) is 0 Å². The number of benzene rings is 2. The molecule has 0 spiro atoms. The van der Waals surface area contributed by atoms with E-state index in [0.29, 0.717) is 16.7 Å². The van der Waals surface area contributed by atoms with Crippen LogP contribution in [-0.2, 0) is 0 Å². The van der Waals surface area contributed by atoms with Crippen LogP contribution in [0.4, 0.5) is 11.6 Å². The number of hydrogen-bond donors (Lipinski definition) is 2. The molecule has 4 aromatic rings. The van der Waals surface area contributed by atoms with E-state index in [0.717, 1.165) is 10.9 Å². The number of rotatable bonds is 2. The van der Waals surface area contributed by atoms with Crippen LogP contribution in [0.5, 0.6) is 0 Å². The molecule has 0 amide bonds. The van der Waals surface area contributed by atoms with Crippen molar-refractivity contribution < 1.29 is 0 Å². The lowest BCUT2D eigenvalue weighted by Crippen LogP contribution is -2.13. The molecule has 6 nitrogen and oxygen atoms in total. The minimum Gasteiger partial charge on any atom is -0.320 e. The van der Waals surface area contributed by atoms with Crippen molar-refractivity contribution in [1.29, 1.82) is 0 Å². The molecule has 0 aliphatic rings. The normalized spacial score (nSPS) is 10.8. The first-order valence-electron chi connectivity index (χ1n) is 7.37. The molecular weight excluding hydrogens is 304 g/mol. The SMILES string of the molecule is O=c1[nH]c2ccccc2c(=O)nc1Nc1ccc2ccccc2n1. The van der Waals surface area contributed by atoms with E-state index in [2.05, 4.69) is 20.3 Å². The summed E-state index contributed by atoms with van der Waals surface area (Å²) < 4.78 is 0. The van der Waals surface area contributed by atoms with Gasteiger partial charge in [-0.15, -0.1) is 0 Å². The Balaban J connectivity index is 1.85. The van der Waals surface area contributed by atoms with Gasteiger partial charge in [-0.1, -0.05) is 30.3 Å². The second-order valence-electron chi connectivity index (χ2n) is 5.28. The van der Waals surface area contributed by atoms with Crippen LogP contribution in [0, 0.1) is 0 Å². The average molecular weight is 316 g/mol. The van der Waals surface area contributed by atoms with Gasteiger partial charge in [0, 0.05) is 5.39 Å². The maximum atomic E-state index is 12.3. The Labute approximate surface area is 135 Å². The zero-order valence-corrected chi connectivity index (χ0v) is 12.5. The van der Waals surface area contributed by atoms with Crippen LogP contribution in [0.1, 0.15) is 0 Å². The number of aromatic amines is 1. The quantitative estimate of drug-likeness (QED) is 0.593. The molecule has 4 rings (SSSR count). The van der Waals surface area contributed by atoms with Crippen molar-refractivity contribution in [2.45, 2.75) is 0 Å². The van der Waals surface area contributed by atoms with Crippen LogP contribution >= 0.6 is 0 Å². The van der Waals surface area contributed by atoms with E-state index >= 15 is 0 Å². The lowest BCUT2D eigenvalue weighted by atomic mass is 10.2. The van der Waals surface area contributed by atoms with E-state index in [9.17, 15) is 9.59 Å². The van der Waals surface area contributed by atoms with Gasteiger partial charge in [0.25, 0.3) is 11.1 Å². The molecule has 0 aliphatic heterocycles. The van der Waals surface area contributed by atoms with E-state index in [1.165, 1.54) is 0 Å². The highest BCUT2D eigenvalue weighted by Gasteiger charge is 2.06. The first-order valence-corrected chi connectivity index (χ1v) is 7.37. The zero-order chi connectivity index (χ0) is 16.5. The molecular formula is C18H12N4O2. The largest absolute Gasteiger partial charge is 0.320 e. The number of nitrogens with zero attached hydrogens (tertiary/aromatic N) is 2. The molecule has 0 fully saturated rings. The Morgan fingerprint density at radius 3 is 2.54 bits per heavy atom. The number of hydrogen-bond acceptors (Lipinski definition) is 5. The van der Waals surface area contributed by atoms with Gasteiger partial charge in [0.2, 0.25) is 5.82 Å². The Bertz CT molecular complexity index is 1180. The van der Waals surface area contributed by atoms with Crippen LogP contribution in [0.15, 0.2) is 70.3 Å². The number of aromatic nitrogens is 3. The van der Waals surface area contributed by atoms with Gasteiger partial charge in [-0.3, -0.25) is 9.59 Å². The van der Waals surface area contributed by atoms with Crippen LogP contribution < -0.4 is 16.4 Å². The maximum Gasteiger partial charge on any atom is 0.291 e. The minimum absolute atomic E-state index is 0.0843. The molecule has 2 heterocycles. The van der Waals surface area contributed by atoms with Crippen LogP contribution in [0.3, 0.4) is 0 Å². The van der Waals surface area contributed by atoms with Crippen molar-refractivity contribution in [2.24, 2.45) is 0 Å². The molecule has 2 aromatic heterocycles.